The van der Waals surface area contributed by atoms with Crippen LogP contribution in [0.1, 0.15) is 52.9 Å². The molecular weight excluding hydrogens is 330 g/mol. The first-order chi connectivity index (χ1) is 9.83. The highest BCUT2D eigenvalue weighted by atomic mass is 79.9. The molecule has 104 valence electrons. The van der Waals surface area contributed by atoms with Crippen LogP contribution in [0, 0.1) is 0 Å². The zero-order valence-corrected chi connectivity index (χ0v) is 13.8. The fourth-order valence-corrected chi connectivity index (χ4v) is 5.25. The average molecular weight is 348 g/mol. The minimum atomic E-state index is 0.526. The number of benzene rings is 1. The van der Waals surface area contributed by atoms with Gasteiger partial charge in [-0.25, -0.2) is 0 Å². The van der Waals surface area contributed by atoms with Gasteiger partial charge < -0.3 is 5.32 Å². The molecule has 1 nitrogen and oxygen atoms in total. The van der Waals surface area contributed by atoms with E-state index in [4.69, 9.17) is 0 Å². The first-order valence-electron chi connectivity index (χ1n) is 7.42. The number of fused-ring (bicyclic) bond motifs is 2. The Hall–Kier alpha value is -0.640. The van der Waals surface area contributed by atoms with E-state index < -0.39 is 0 Å². The molecule has 2 aliphatic carbocycles. The van der Waals surface area contributed by atoms with E-state index in [0.29, 0.717) is 12.1 Å². The summed E-state index contributed by atoms with van der Waals surface area (Å²) in [6, 6.07) is 10.0. The average Bonchev–Trinajstić information content (AvgIpc) is 3.07. The maximum absolute atomic E-state index is 3.93. The van der Waals surface area contributed by atoms with Crippen molar-refractivity contribution in [1.82, 2.24) is 5.32 Å². The van der Waals surface area contributed by atoms with Crippen molar-refractivity contribution in [1.29, 1.82) is 0 Å². The van der Waals surface area contributed by atoms with Crippen LogP contribution >= 0.6 is 27.3 Å². The summed E-state index contributed by atoms with van der Waals surface area (Å²) < 4.78 is 1.28. The molecule has 0 spiro atoms. The van der Waals surface area contributed by atoms with Gasteiger partial charge in [0, 0.05) is 21.4 Å². The molecule has 0 amide bonds. The van der Waals surface area contributed by atoms with Gasteiger partial charge in [-0.1, -0.05) is 28.1 Å². The number of halogens is 1. The third-order valence-corrected chi connectivity index (χ3v) is 6.41. The molecule has 2 atom stereocenters. The molecule has 1 aromatic carbocycles. The lowest BCUT2D eigenvalue weighted by Gasteiger charge is -2.27. The van der Waals surface area contributed by atoms with Gasteiger partial charge in [0.15, 0.2) is 0 Å². The Balaban J connectivity index is 1.60. The van der Waals surface area contributed by atoms with Gasteiger partial charge >= 0.3 is 0 Å². The van der Waals surface area contributed by atoms with Crippen molar-refractivity contribution in [2.45, 2.75) is 44.2 Å². The molecule has 20 heavy (non-hydrogen) atoms. The maximum Gasteiger partial charge on any atom is 0.0336 e. The topological polar surface area (TPSA) is 12.0 Å². The first-order valence-corrected chi connectivity index (χ1v) is 9.10. The predicted molar refractivity (Wildman–Crippen MR) is 88.3 cm³/mol. The van der Waals surface area contributed by atoms with Crippen molar-refractivity contribution >= 4 is 27.3 Å². The van der Waals surface area contributed by atoms with Crippen molar-refractivity contribution in [3.63, 3.8) is 0 Å². The van der Waals surface area contributed by atoms with Crippen molar-refractivity contribution in [2.24, 2.45) is 0 Å². The molecule has 0 radical (unpaired) electrons. The predicted octanol–water partition coefficient (Wildman–Crippen LogP) is 5.17. The second-order valence-electron chi connectivity index (χ2n) is 5.81. The van der Waals surface area contributed by atoms with E-state index in [2.05, 4.69) is 50.9 Å². The maximum atomic E-state index is 3.93. The zero-order chi connectivity index (χ0) is 13.5. The van der Waals surface area contributed by atoms with Gasteiger partial charge in [0.05, 0.1) is 0 Å². The Morgan fingerprint density at radius 1 is 1.05 bits per heavy atom. The molecule has 0 fully saturated rings. The number of nitrogens with one attached hydrogen (secondary N) is 1. The zero-order valence-electron chi connectivity index (χ0n) is 11.4. The van der Waals surface area contributed by atoms with Crippen molar-refractivity contribution in [3.8, 4) is 0 Å². The first kappa shape index (κ1) is 13.1. The van der Waals surface area contributed by atoms with Gasteiger partial charge in [-0.15, -0.1) is 11.3 Å². The van der Waals surface area contributed by atoms with Crippen LogP contribution in [0.4, 0.5) is 0 Å². The lowest BCUT2D eigenvalue weighted by molar-refractivity contribution is 0.401. The Morgan fingerprint density at radius 2 is 1.95 bits per heavy atom. The van der Waals surface area contributed by atoms with Crippen LogP contribution in [0.15, 0.2) is 34.1 Å². The highest BCUT2D eigenvalue weighted by Crippen LogP contribution is 2.40. The molecular formula is C17H18BrNS. The summed E-state index contributed by atoms with van der Waals surface area (Å²) >= 11 is 5.62. The Labute approximate surface area is 132 Å². The number of aryl methyl sites for hydroxylation is 1. The summed E-state index contributed by atoms with van der Waals surface area (Å²) in [4.78, 5) is 1.60. The highest BCUT2D eigenvalue weighted by molar-refractivity contribution is 9.10. The molecule has 1 aromatic heterocycles. The fourth-order valence-electron chi connectivity index (χ4n) is 3.69. The standard InChI is InChI=1S/C17H18BrNS/c18-14-4-1-3-12-11(14)7-8-16(12)19-15-5-2-6-17-13(15)9-10-20-17/h1,3-4,9-10,15-16,19H,2,5-8H2. The molecule has 0 saturated heterocycles. The van der Waals surface area contributed by atoms with Gasteiger partial charge in [0.25, 0.3) is 0 Å². The molecule has 1 N–H and O–H groups in total. The van der Waals surface area contributed by atoms with Crippen LogP contribution in [-0.2, 0) is 12.8 Å². The summed E-state index contributed by atoms with van der Waals surface area (Å²) in [5.41, 5.74) is 4.57. The van der Waals surface area contributed by atoms with Crippen LogP contribution in [0.3, 0.4) is 0 Å². The molecule has 0 aliphatic heterocycles. The Morgan fingerprint density at radius 3 is 2.90 bits per heavy atom. The second-order valence-corrected chi connectivity index (χ2v) is 7.66. The lowest BCUT2D eigenvalue weighted by atomic mass is 9.93. The SMILES string of the molecule is Brc1cccc2c1CCC2NC1CCCc2sccc21. The van der Waals surface area contributed by atoms with Crippen LogP contribution in [0.5, 0.6) is 0 Å². The third-order valence-electron chi connectivity index (χ3n) is 4.67. The molecule has 1 heterocycles. The number of hydrogen-bond donors (Lipinski definition) is 1. The summed E-state index contributed by atoms with van der Waals surface area (Å²) in [5, 5.41) is 6.18. The summed E-state index contributed by atoms with van der Waals surface area (Å²) in [6.07, 6.45) is 6.30. The number of rotatable bonds is 2. The smallest absolute Gasteiger partial charge is 0.0336 e. The molecule has 2 unspecified atom stereocenters. The highest BCUT2D eigenvalue weighted by Gasteiger charge is 2.28. The molecule has 0 saturated carbocycles. The minimum absolute atomic E-state index is 0.526. The van der Waals surface area contributed by atoms with E-state index in [-0.39, 0.29) is 0 Å². The molecule has 2 aromatic rings. The van der Waals surface area contributed by atoms with Crippen LogP contribution < -0.4 is 5.32 Å². The normalized spacial score (nSPS) is 24.4. The van der Waals surface area contributed by atoms with Gasteiger partial charge in [0.1, 0.15) is 0 Å². The van der Waals surface area contributed by atoms with E-state index in [1.165, 1.54) is 47.7 Å². The second kappa shape index (κ2) is 5.28. The van der Waals surface area contributed by atoms with E-state index in [1.54, 1.807) is 10.4 Å². The van der Waals surface area contributed by atoms with Gasteiger partial charge in [0.2, 0.25) is 0 Å². The van der Waals surface area contributed by atoms with Crippen LogP contribution in [0.2, 0.25) is 0 Å². The molecule has 0 bridgehead atoms. The lowest BCUT2D eigenvalue weighted by Crippen LogP contribution is -2.27. The van der Waals surface area contributed by atoms with Crippen molar-refractivity contribution < 1.29 is 0 Å². The van der Waals surface area contributed by atoms with Crippen LogP contribution in [-0.4, -0.2) is 0 Å². The fraction of sp³-hybridized carbons (Fsp3) is 0.412. The quantitative estimate of drug-likeness (QED) is 0.790. The minimum Gasteiger partial charge on any atom is -0.303 e. The van der Waals surface area contributed by atoms with Gasteiger partial charge in [-0.2, -0.15) is 0 Å². The summed E-state index contributed by atoms with van der Waals surface area (Å²) in [6.45, 7) is 0. The number of thiophene rings is 1. The van der Waals surface area contributed by atoms with Gasteiger partial charge in [-0.05, 0) is 66.3 Å². The Kier molecular flexibility index (Phi) is 3.45. The van der Waals surface area contributed by atoms with Gasteiger partial charge in [-0.3, -0.25) is 0 Å². The molecule has 3 heteroatoms. The van der Waals surface area contributed by atoms with Crippen LogP contribution in [0.25, 0.3) is 0 Å². The van der Waals surface area contributed by atoms with E-state index >= 15 is 0 Å². The van der Waals surface area contributed by atoms with Crippen molar-refractivity contribution in [3.05, 3.63) is 55.7 Å². The Bertz CT molecular complexity index is 634. The molecule has 2 aliphatic rings. The molecule has 4 rings (SSSR count). The third kappa shape index (κ3) is 2.16. The summed E-state index contributed by atoms with van der Waals surface area (Å²) in [7, 11) is 0. The van der Waals surface area contributed by atoms with E-state index in [9.17, 15) is 0 Å². The van der Waals surface area contributed by atoms with E-state index in [1.807, 2.05) is 11.3 Å². The largest absolute Gasteiger partial charge is 0.303 e. The van der Waals surface area contributed by atoms with Crippen molar-refractivity contribution in [2.75, 3.05) is 0 Å². The van der Waals surface area contributed by atoms with E-state index in [0.717, 1.165) is 0 Å². The summed E-state index contributed by atoms with van der Waals surface area (Å²) in [5.74, 6) is 0. The number of hydrogen-bond acceptors (Lipinski definition) is 2. The monoisotopic (exact) mass is 347 g/mol.